The van der Waals surface area contributed by atoms with E-state index in [4.69, 9.17) is 0 Å². The second kappa shape index (κ2) is 19.5. The molecule has 0 bridgehead atoms. The van der Waals surface area contributed by atoms with Gasteiger partial charge >= 0.3 is 0 Å². The molecule has 3 aliphatic carbocycles. The van der Waals surface area contributed by atoms with Crippen molar-refractivity contribution in [2.75, 3.05) is 13.2 Å². The van der Waals surface area contributed by atoms with Gasteiger partial charge in [0.2, 0.25) is 5.91 Å². The highest BCUT2D eigenvalue weighted by Gasteiger charge is 2.59. The summed E-state index contributed by atoms with van der Waals surface area (Å²) < 4.78 is 0. The number of unbranched alkanes of at least 4 members (excludes halogenated alkanes) is 15. The first kappa shape index (κ1) is 34.9. The summed E-state index contributed by atoms with van der Waals surface area (Å²) in [5.41, 5.74) is 0. The van der Waals surface area contributed by atoms with Crippen molar-refractivity contribution in [1.82, 2.24) is 21.3 Å². The zero-order valence-corrected chi connectivity index (χ0v) is 28.1. The quantitative estimate of drug-likeness (QED) is 0.103. The Labute approximate surface area is 264 Å². The standard InChI is InChI=1S/C37H68N4O2/c1-3-5-6-7-8-9-10-11-12-13-14-15-16-17-18-21-25-38-31-26-30(41-32(42)22-4-2)33-34-35(39-27-40-36(31)34)28-23-19-20-24-29(28)37(33)43/h28-31,33-36,38-40H,3-27H2,1-2H3,(H,41,42). The van der Waals surface area contributed by atoms with Crippen molar-refractivity contribution in [2.45, 2.75) is 186 Å². The average molecular weight is 601 g/mol. The van der Waals surface area contributed by atoms with Gasteiger partial charge in [-0.3, -0.25) is 14.9 Å². The molecule has 6 nitrogen and oxygen atoms in total. The third-order valence-electron chi connectivity index (χ3n) is 11.5. The van der Waals surface area contributed by atoms with Crippen LogP contribution in [-0.4, -0.2) is 49.1 Å². The number of carbonyl (C=O) groups is 2. The molecular formula is C37H68N4O2. The Morgan fingerprint density at radius 1 is 0.721 bits per heavy atom. The first-order chi connectivity index (χ1) is 21.2. The van der Waals surface area contributed by atoms with E-state index in [0.717, 1.165) is 32.5 Å². The molecule has 4 rings (SSSR count). The van der Waals surface area contributed by atoms with Gasteiger partial charge in [-0.05, 0) is 44.6 Å². The Morgan fingerprint density at radius 3 is 1.93 bits per heavy atom. The van der Waals surface area contributed by atoms with Gasteiger partial charge in [-0.25, -0.2) is 0 Å². The van der Waals surface area contributed by atoms with Gasteiger partial charge in [-0.1, -0.05) is 123 Å². The summed E-state index contributed by atoms with van der Waals surface area (Å²) in [6.07, 6.45) is 29.2. The Bertz CT molecular complexity index is 805. The minimum absolute atomic E-state index is 0.0387. The molecule has 0 aromatic rings. The molecule has 4 fully saturated rings. The minimum Gasteiger partial charge on any atom is -0.353 e. The van der Waals surface area contributed by atoms with E-state index in [2.05, 4.69) is 35.1 Å². The van der Waals surface area contributed by atoms with Gasteiger partial charge in [0.05, 0.1) is 0 Å². The Hall–Kier alpha value is -0.980. The predicted molar refractivity (Wildman–Crippen MR) is 179 cm³/mol. The zero-order valence-electron chi connectivity index (χ0n) is 28.1. The van der Waals surface area contributed by atoms with Crippen LogP contribution in [0.1, 0.15) is 162 Å². The zero-order chi connectivity index (χ0) is 30.3. The van der Waals surface area contributed by atoms with Crippen molar-refractivity contribution in [3.05, 3.63) is 0 Å². The van der Waals surface area contributed by atoms with E-state index in [1.54, 1.807) is 0 Å². The van der Waals surface area contributed by atoms with Crippen molar-refractivity contribution in [2.24, 2.45) is 23.7 Å². The highest BCUT2D eigenvalue weighted by molar-refractivity contribution is 5.87. The van der Waals surface area contributed by atoms with Crippen molar-refractivity contribution in [1.29, 1.82) is 0 Å². The summed E-state index contributed by atoms with van der Waals surface area (Å²) >= 11 is 0. The maximum Gasteiger partial charge on any atom is 0.220 e. The molecule has 0 aromatic heterocycles. The number of hydrogen-bond acceptors (Lipinski definition) is 5. The van der Waals surface area contributed by atoms with Crippen LogP contribution >= 0.6 is 0 Å². The van der Waals surface area contributed by atoms with Crippen molar-refractivity contribution in [3.8, 4) is 0 Å². The Kier molecular flexibility index (Phi) is 15.8. The molecule has 8 atom stereocenters. The fourth-order valence-electron chi connectivity index (χ4n) is 9.32. The molecule has 4 N–H and O–H groups in total. The largest absolute Gasteiger partial charge is 0.353 e. The van der Waals surface area contributed by atoms with Crippen LogP contribution in [0.5, 0.6) is 0 Å². The van der Waals surface area contributed by atoms with Crippen LogP contribution in [0.4, 0.5) is 0 Å². The van der Waals surface area contributed by atoms with Crippen LogP contribution in [0.15, 0.2) is 0 Å². The SMILES string of the molecule is CCCCCCCCCCCCCCCCCCNC1CC(NC(=O)CCC)C2C(=O)C3CCCCC3C3NCNC1C32. The molecular weight excluding hydrogens is 532 g/mol. The molecule has 3 saturated carbocycles. The second-order valence-corrected chi connectivity index (χ2v) is 14.7. The lowest BCUT2D eigenvalue weighted by Gasteiger charge is -2.59. The number of ketones is 1. The highest BCUT2D eigenvalue weighted by atomic mass is 16.2. The molecule has 1 aliphatic heterocycles. The van der Waals surface area contributed by atoms with E-state index in [9.17, 15) is 9.59 Å². The fraction of sp³-hybridized carbons (Fsp3) is 0.946. The topological polar surface area (TPSA) is 82.3 Å². The molecule has 8 unspecified atom stereocenters. The van der Waals surface area contributed by atoms with E-state index in [0.29, 0.717) is 36.2 Å². The monoisotopic (exact) mass is 601 g/mol. The molecule has 1 amide bonds. The van der Waals surface area contributed by atoms with Gasteiger partial charge < -0.3 is 16.0 Å². The van der Waals surface area contributed by atoms with Crippen LogP contribution < -0.4 is 21.3 Å². The lowest BCUT2D eigenvalue weighted by Crippen LogP contribution is -2.76. The van der Waals surface area contributed by atoms with Crippen LogP contribution in [0.25, 0.3) is 0 Å². The lowest BCUT2D eigenvalue weighted by atomic mass is 9.53. The van der Waals surface area contributed by atoms with Gasteiger partial charge in [-0.2, -0.15) is 0 Å². The summed E-state index contributed by atoms with van der Waals surface area (Å²) in [6.45, 7) is 6.22. The van der Waals surface area contributed by atoms with E-state index in [1.807, 2.05) is 0 Å². The molecule has 1 saturated heterocycles. The van der Waals surface area contributed by atoms with Gasteiger partial charge in [0, 0.05) is 55.0 Å². The van der Waals surface area contributed by atoms with Gasteiger partial charge in [-0.15, -0.1) is 0 Å². The molecule has 0 radical (unpaired) electrons. The number of hydrogen-bond donors (Lipinski definition) is 4. The van der Waals surface area contributed by atoms with Crippen LogP contribution in [-0.2, 0) is 9.59 Å². The fourth-order valence-corrected chi connectivity index (χ4v) is 9.32. The summed E-state index contributed by atoms with van der Waals surface area (Å²) in [4.78, 5) is 26.8. The molecule has 0 aromatic carbocycles. The number of nitrogens with one attached hydrogen (secondary N) is 4. The first-order valence-corrected chi connectivity index (χ1v) is 19.2. The van der Waals surface area contributed by atoms with Crippen LogP contribution in [0, 0.1) is 23.7 Å². The minimum atomic E-state index is -0.0518. The maximum atomic E-state index is 14.0. The summed E-state index contributed by atoms with van der Waals surface area (Å²) in [6, 6.07) is 0.971. The third-order valence-corrected chi connectivity index (χ3v) is 11.5. The van der Waals surface area contributed by atoms with Crippen LogP contribution in [0.3, 0.4) is 0 Å². The summed E-state index contributed by atoms with van der Waals surface area (Å²) in [5, 5.41) is 14.9. The van der Waals surface area contributed by atoms with Crippen molar-refractivity contribution in [3.63, 3.8) is 0 Å². The highest BCUT2D eigenvalue weighted by Crippen LogP contribution is 2.49. The molecule has 4 aliphatic rings. The number of amides is 1. The van der Waals surface area contributed by atoms with E-state index < -0.39 is 0 Å². The molecule has 0 spiro atoms. The van der Waals surface area contributed by atoms with Crippen LogP contribution in [0.2, 0.25) is 0 Å². The normalized spacial score (nSPS) is 31.8. The van der Waals surface area contributed by atoms with Gasteiger partial charge in [0.1, 0.15) is 5.78 Å². The molecule has 43 heavy (non-hydrogen) atoms. The summed E-state index contributed by atoms with van der Waals surface area (Å²) in [5.74, 6) is 1.45. The summed E-state index contributed by atoms with van der Waals surface area (Å²) in [7, 11) is 0. The van der Waals surface area contributed by atoms with Crippen molar-refractivity contribution >= 4 is 11.7 Å². The van der Waals surface area contributed by atoms with E-state index in [-0.39, 0.29) is 29.7 Å². The number of carbonyl (C=O) groups excluding carboxylic acids is 2. The van der Waals surface area contributed by atoms with E-state index in [1.165, 1.54) is 122 Å². The first-order valence-electron chi connectivity index (χ1n) is 19.2. The Morgan fingerprint density at radius 2 is 1.30 bits per heavy atom. The number of fused-ring (bicyclic) bond motifs is 2. The van der Waals surface area contributed by atoms with Crippen molar-refractivity contribution < 1.29 is 9.59 Å². The predicted octanol–water partition coefficient (Wildman–Crippen LogP) is 7.40. The van der Waals surface area contributed by atoms with E-state index >= 15 is 0 Å². The van der Waals surface area contributed by atoms with Gasteiger partial charge in [0.15, 0.2) is 0 Å². The number of rotatable bonds is 21. The third kappa shape index (κ3) is 10.3. The molecule has 1 heterocycles. The average Bonchev–Trinajstić information content (AvgIpc) is 3.02. The molecule has 6 heteroatoms. The second-order valence-electron chi connectivity index (χ2n) is 14.7. The smallest absolute Gasteiger partial charge is 0.220 e. The Balaban J connectivity index is 1.15. The molecule has 248 valence electrons. The lowest BCUT2D eigenvalue weighted by molar-refractivity contribution is -0.147. The number of Topliss-reactive ketones (excluding diaryl/α,β-unsaturated/α-hetero) is 1. The van der Waals surface area contributed by atoms with Gasteiger partial charge in [0.25, 0.3) is 0 Å². The maximum absolute atomic E-state index is 14.0.